The fourth-order valence-electron chi connectivity index (χ4n) is 2.55. The molecule has 1 aromatic heterocycles. The van der Waals surface area contributed by atoms with E-state index in [0.29, 0.717) is 24.3 Å². The first-order valence-electron chi connectivity index (χ1n) is 8.78. The van der Waals surface area contributed by atoms with Crippen LogP contribution in [0.5, 0.6) is 5.75 Å². The number of nitrogens with one attached hydrogen (secondary N) is 1. The zero-order valence-corrected chi connectivity index (χ0v) is 17.4. The van der Waals surface area contributed by atoms with Crippen LogP contribution in [0.1, 0.15) is 22.8 Å². The summed E-state index contributed by atoms with van der Waals surface area (Å²) in [7, 11) is 1.34. The number of pyridine rings is 1. The summed E-state index contributed by atoms with van der Waals surface area (Å²) in [4.78, 5) is 28.4. The van der Waals surface area contributed by atoms with E-state index in [-0.39, 0.29) is 5.78 Å². The largest absolute Gasteiger partial charge is 0.493 e. The van der Waals surface area contributed by atoms with E-state index in [1.54, 1.807) is 25.3 Å². The molecular weight excluding hydrogens is 424 g/mol. The molecule has 2 aromatic rings. The molecular formula is C21H23BrN2O4. The van der Waals surface area contributed by atoms with Crippen molar-refractivity contribution in [2.75, 3.05) is 19.0 Å². The van der Waals surface area contributed by atoms with Gasteiger partial charge in [-0.25, -0.2) is 4.79 Å². The molecule has 1 N–H and O–H groups in total. The van der Waals surface area contributed by atoms with Crippen LogP contribution < -0.4 is 10.1 Å². The quantitative estimate of drug-likeness (QED) is 0.261. The van der Waals surface area contributed by atoms with Crippen LogP contribution in [0.2, 0.25) is 0 Å². The van der Waals surface area contributed by atoms with Gasteiger partial charge in [-0.1, -0.05) is 28.1 Å². The summed E-state index contributed by atoms with van der Waals surface area (Å²) >= 11 is 3.32. The van der Waals surface area contributed by atoms with Gasteiger partial charge in [-0.2, -0.15) is 0 Å². The van der Waals surface area contributed by atoms with Gasteiger partial charge in [0.1, 0.15) is 11.8 Å². The minimum atomic E-state index is -0.614. The highest BCUT2D eigenvalue weighted by atomic mass is 79.9. The van der Waals surface area contributed by atoms with Gasteiger partial charge in [-0.15, -0.1) is 0 Å². The Bertz CT molecular complexity index is 807. The van der Waals surface area contributed by atoms with Crippen molar-refractivity contribution in [2.24, 2.45) is 0 Å². The van der Waals surface area contributed by atoms with Gasteiger partial charge in [0, 0.05) is 41.5 Å². The van der Waals surface area contributed by atoms with Crippen LogP contribution in [-0.2, 0) is 16.0 Å². The zero-order chi connectivity index (χ0) is 20.4. The van der Waals surface area contributed by atoms with Crippen LogP contribution in [0.3, 0.4) is 0 Å². The van der Waals surface area contributed by atoms with Gasteiger partial charge >= 0.3 is 5.97 Å². The van der Waals surface area contributed by atoms with Crippen molar-refractivity contribution in [3.63, 3.8) is 0 Å². The molecule has 1 atom stereocenters. The van der Waals surface area contributed by atoms with Gasteiger partial charge in [0.05, 0.1) is 13.7 Å². The van der Waals surface area contributed by atoms with Gasteiger partial charge in [-0.3, -0.25) is 9.78 Å². The number of rotatable bonds is 10. The van der Waals surface area contributed by atoms with E-state index in [2.05, 4.69) is 26.2 Å². The Balaban J connectivity index is 2.05. The second-order valence-electron chi connectivity index (χ2n) is 6.04. The number of alkyl halides is 1. The maximum Gasteiger partial charge on any atom is 0.328 e. The van der Waals surface area contributed by atoms with Gasteiger partial charge < -0.3 is 14.8 Å². The lowest BCUT2D eigenvalue weighted by atomic mass is 10.1. The molecule has 1 heterocycles. The fourth-order valence-corrected chi connectivity index (χ4v) is 2.72. The molecule has 0 aliphatic rings. The number of aromatic nitrogens is 1. The number of ether oxygens (including phenoxy) is 2. The van der Waals surface area contributed by atoms with Crippen LogP contribution in [0.25, 0.3) is 0 Å². The molecule has 1 unspecified atom stereocenters. The third-order valence-electron chi connectivity index (χ3n) is 3.89. The summed E-state index contributed by atoms with van der Waals surface area (Å²) in [6.07, 6.45) is 4.97. The zero-order valence-electron chi connectivity index (χ0n) is 15.9. The molecule has 0 amide bonds. The predicted molar refractivity (Wildman–Crippen MR) is 111 cm³/mol. The SMILES string of the molecule is COC(=O)C(Cc1ccc(OCCBr)cc1)N/C(C)=C\C(=O)c1cccnc1. The number of benzene rings is 1. The number of carbonyl (C=O) groups is 2. The molecule has 28 heavy (non-hydrogen) atoms. The standard InChI is InChI=1S/C21H23BrN2O4/c1-15(12-20(25)17-4-3-10-23-14-17)24-19(21(26)27-2)13-16-5-7-18(8-6-16)28-11-9-22/h3-8,10,12,14,19,24H,9,11,13H2,1-2H3/b15-12-. The van der Waals surface area contributed by atoms with E-state index < -0.39 is 12.0 Å². The van der Waals surface area contributed by atoms with Crippen molar-refractivity contribution < 1.29 is 19.1 Å². The average Bonchev–Trinajstić information content (AvgIpc) is 2.72. The number of nitrogens with zero attached hydrogens (tertiary/aromatic N) is 1. The Morgan fingerprint density at radius 3 is 2.61 bits per heavy atom. The van der Waals surface area contributed by atoms with Crippen molar-refractivity contribution >= 4 is 27.7 Å². The van der Waals surface area contributed by atoms with E-state index in [1.807, 2.05) is 24.3 Å². The van der Waals surface area contributed by atoms with Crippen molar-refractivity contribution in [2.45, 2.75) is 19.4 Å². The molecule has 0 aliphatic carbocycles. The molecule has 0 aliphatic heterocycles. The number of esters is 1. The van der Waals surface area contributed by atoms with E-state index >= 15 is 0 Å². The third-order valence-corrected chi connectivity index (χ3v) is 4.21. The Hall–Kier alpha value is -2.67. The number of allylic oxidation sites excluding steroid dienone is 2. The first-order valence-corrected chi connectivity index (χ1v) is 9.90. The lowest BCUT2D eigenvalue weighted by molar-refractivity contribution is -0.142. The molecule has 0 spiro atoms. The van der Waals surface area contributed by atoms with E-state index in [9.17, 15) is 9.59 Å². The summed E-state index contributed by atoms with van der Waals surface area (Å²) in [6, 6.07) is 10.3. The van der Waals surface area contributed by atoms with Crippen LogP contribution in [0, 0.1) is 0 Å². The smallest absolute Gasteiger partial charge is 0.328 e. The first-order chi connectivity index (χ1) is 13.5. The number of ketones is 1. The van der Waals surface area contributed by atoms with E-state index in [4.69, 9.17) is 9.47 Å². The summed E-state index contributed by atoms with van der Waals surface area (Å²) in [5.74, 6) is 0.181. The highest BCUT2D eigenvalue weighted by Crippen LogP contribution is 2.14. The number of hydrogen-bond acceptors (Lipinski definition) is 6. The average molecular weight is 447 g/mol. The number of methoxy groups -OCH3 is 1. The highest BCUT2D eigenvalue weighted by Gasteiger charge is 2.20. The molecule has 0 saturated carbocycles. The predicted octanol–water partition coefficient (Wildman–Crippen LogP) is 3.32. The van der Waals surface area contributed by atoms with E-state index in [1.165, 1.54) is 19.4 Å². The number of halogens is 1. The van der Waals surface area contributed by atoms with Crippen LogP contribution >= 0.6 is 15.9 Å². The molecule has 0 fully saturated rings. The Morgan fingerprint density at radius 1 is 1.25 bits per heavy atom. The third kappa shape index (κ3) is 6.81. The minimum absolute atomic E-state index is 0.185. The fraction of sp³-hybridized carbons (Fsp3) is 0.286. The molecule has 0 bridgehead atoms. The second kappa shape index (κ2) is 11.2. The van der Waals surface area contributed by atoms with Crippen molar-refractivity contribution in [3.8, 4) is 5.75 Å². The van der Waals surface area contributed by atoms with Crippen molar-refractivity contribution in [1.82, 2.24) is 10.3 Å². The maximum absolute atomic E-state index is 12.3. The summed E-state index contributed by atoms with van der Waals surface area (Å²) in [6.45, 7) is 2.32. The van der Waals surface area contributed by atoms with Crippen molar-refractivity contribution in [3.05, 3.63) is 71.7 Å². The lowest BCUT2D eigenvalue weighted by Crippen LogP contribution is -2.38. The summed E-state index contributed by atoms with van der Waals surface area (Å²) in [5, 5.41) is 3.83. The van der Waals surface area contributed by atoms with Crippen LogP contribution in [0.15, 0.2) is 60.6 Å². The number of hydrogen-bond donors (Lipinski definition) is 1. The first kappa shape index (κ1) is 21.6. The molecule has 0 saturated heterocycles. The van der Waals surface area contributed by atoms with Gasteiger partial charge in [0.25, 0.3) is 0 Å². The molecule has 2 rings (SSSR count). The molecule has 7 heteroatoms. The van der Waals surface area contributed by atoms with Gasteiger partial charge in [0.2, 0.25) is 0 Å². The summed E-state index contributed by atoms with van der Waals surface area (Å²) in [5.41, 5.74) is 2.00. The monoisotopic (exact) mass is 446 g/mol. The Labute approximate surface area is 173 Å². The lowest BCUT2D eigenvalue weighted by Gasteiger charge is -2.18. The van der Waals surface area contributed by atoms with Crippen LogP contribution in [0.4, 0.5) is 0 Å². The minimum Gasteiger partial charge on any atom is -0.493 e. The van der Waals surface area contributed by atoms with Crippen molar-refractivity contribution in [1.29, 1.82) is 0 Å². The van der Waals surface area contributed by atoms with E-state index in [0.717, 1.165) is 16.6 Å². The van der Waals surface area contributed by atoms with Crippen LogP contribution in [-0.4, -0.2) is 41.8 Å². The normalized spacial score (nSPS) is 12.2. The maximum atomic E-state index is 12.3. The topological polar surface area (TPSA) is 77.5 Å². The Morgan fingerprint density at radius 2 is 2.00 bits per heavy atom. The molecule has 6 nitrogen and oxygen atoms in total. The highest BCUT2D eigenvalue weighted by molar-refractivity contribution is 9.09. The molecule has 0 radical (unpaired) electrons. The number of carbonyl (C=O) groups excluding carboxylic acids is 2. The molecule has 1 aromatic carbocycles. The molecule has 148 valence electrons. The second-order valence-corrected chi connectivity index (χ2v) is 6.83. The Kier molecular flexibility index (Phi) is 8.68. The van der Waals surface area contributed by atoms with Gasteiger partial charge in [0.15, 0.2) is 5.78 Å². The van der Waals surface area contributed by atoms with Gasteiger partial charge in [-0.05, 0) is 36.8 Å². The summed E-state index contributed by atoms with van der Waals surface area (Å²) < 4.78 is 10.4.